The molecule has 0 aliphatic carbocycles. The number of likely N-dealkylation sites (tertiary alicyclic amines) is 1. The molecule has 3 heteroatoms. The van der Waals surface area contributed by atoms with E-state index in [1.54, 1.807) is 6.08 Å². The van der Waals surface area contributed by atoms with Crippen LogP contribution in [0.3, 0.4) is 0 Å². The summed E-state index contributed by atoms with van der Waals surface area (Å²) in [5.41, 5.74) is 2.31. The molecule has 1 fully saturated rings. The van der Waals surface area contributed by atoms with E-state index in [9.17, 15) is 0 Å². The van der Waals surface area contributed by atoms with Crippen molar-refractivity contribution >= 4 is 6.08 Å². The van der Waals surface area contributed by atoms with Crippen LogP contribution >= 0.6 is 0 Å². The lowest BCUT2D eigenvalue weighted by Gasteiger charge is -2.30. The fraction of sp³-hybridized carbons (Fsp3) is 0.412. The molecule has 1 unspecified atom stereocenters. The molecular weight excluding hydrogens is 246 g/mol. The Bertz CT molecular complexity index is 559. The number of hydrogen-bond acceptors (Lipinski definition) is 3. The van der Waals surface area contributed by atoms with Gasteiger partial charge in [-0.15, -0.1) is 0 Å². The Kier molecular flexibility index (Phi) is 4.93. The molecule has 1 heterocycles. The number of piperidine rings is 1. The molecule has 0 saturated carbocycles. The Morgan fingerprint density at radius 3 is 2.90 bits per heavy atom. The van der Waals surface area contributed by atoms with E-state index in [2.05, 4.69) is 24.0 Å². The summed E-state index contributed by atoms with van der Waals surface area (Å²) in [6, 6.07) is 11.9. The molecule has 0 bridgehead atoms. The Balaban J connectivity index is 2.09. The lowest BCUT2D eigenvalue weighted by atomic mass is 9.99. The van der Waals surface area contributed by atoms with Crippen LogP contribution in [0.1, 0.15) is 30.9 Å². The van der Waals surface area contributed by atoms with Crippen molar-refractivity contribution in [1.82, 2.24) is 4.90 Å². The van der Waals surface area contributed by atoms with Gasteiger partial charge >= 0.3 is 0 Å². The molecule has 0 aromatic heterocycles. The first-order valence-corrected chi connectivity index (χ1v) is 7.04. The van der Waals surface area contributed by atoms with E-state index in [1.807, 2.05) is 24.3 Å². The first kappa shape index (κ1) is 14.3. The zero-order valence-electron chi connectivity index (χ0n) is 11.8. The van der Waals surface area contributed by atoms with Crippen LogP contribution in [-0.2, 0) is 6.54 Å². The lowest BCUT2D eigenvalue weighted by Crippen LogP contribution is -2.33. The van der Waals surface area contributed by atoms with Crippen molar-refractivity contribution in [2.24, 2.45) is 5.92 Å². The van der Waals surface area contributed by atoms with Gasteiger partial charge in [0.05, 0.1) is 0 Å². The Morgan fingerprint density at radius 2 is 2.20 bits per heavy atom. The van der Waals surface area contributed by atoms with Gasteiger partial charge in [0, 0.05) is 13.1 Å². The predicted octanol–water partition coefficient (Wildman–Crippen LogP) is 3.35. The smallest absolute Gasteiger partial charge is 0.130 e. The largest absolute Gasteiger partial charge is 0.299 e. The fourth-order valence-corrected chi connectivity index (χ4v) is 2.73. The summed E-state index contributed by atoms with van der Waals surface area (Å²) in [6.45, 7) is 5.56. The van der Waals surface area contributed by atoms with Gasteiger partial charge in [-0.05, 0) is 42.5 Å². The van der Waals surface area contributed by atoms with Crippen LogP contribution in [0.25, 0.3) is 6.08 Å². The number of hydrogen-bond donors (Lipinski definition) is 0. The molecule has 1 aromatic rings. The maximum atomic E-state index is 8.80. The van der Waals surface area contributed by atoms with Crippen molar-refractivity contribution in [2.45, 2.75) is 26.3 Å². The van der Waals surface area contributed by atoms with E-state index in [0.717, 1.165) is 31.1 Å². The molecule has 1 atom stereocenters. The highest BCUT2D eigenvalue weighted by atomic mass is 15.1. The number of nitrogens with zero attached hydrogens (tertiary/aromatic N) is 3. The molecule has 0 amide bonds. The summed E-state index contributed by atoms with van der Waals surface area (Å²) < 4.78 is 0. The van der Waals surface area contributed by atoms with Gasteiger partial charge < -0.3 is 0 Å². The van der Waals surface area contributed by atoms with Gasteiger partial charge in [0.2, 0.25) is 0 Å². The second-order valence-electron chi connectivity index (χ2n) is 5.51. The van der Waals surface area contributed by atoms with Crippen molar-refractivity contribution < 1.29 is 0 Å². The Hall–Kier alpha value is -2.10. The molecule has 3 nitrogen and oxygen atoms in total. The van der Waals surface area contributed by atoms with Gasteiger partial charge in [-0.3, -0.25) is 4.90 Å². The molecule has 1 saturated heterocycles. The third kappa shape index (κ3) is 3.95. The van der Waals surface area contributed by atoms with Crippen LogP contribution in [-0.4, -0.2) is 18.0 Å². The predicted molar refractivity (Wildman–Crippen MR) is 79.3 cm³/mol. The summed E-state index contributed by atoms with van der Waals surface area (Å²) >= 11 is 0. The van der Waals surface area contributed by atoms with E-state index in [-0.39, 0.29) is 5.57 Å². The first-order chi connectivity index (χ1) is 9.71. The minimum absolute atomic E-state index is 0.147. The van der Waals surface area contributed by atoms with Gasteiger partial charge in [-0.1, -0.05) is 31.2 Å². The van der Waals surface area contributed by atoms with Crippen molar-refractivity contribution in [1.29, 1.82) is 10.5 Å². The van der Waals surface area contributed by atoms with Gasteiger partial charge in [-0.2, -0.15) is 10.5 Å². The molecule has 20 heavy (non-hydrogen) atoms. The van der Waals surface area contributed by atoms with Gasteiger partial charge in [-0.25, -0.2) is 0 Å². The Labute approximate surface area is 120 Å². The van der Waals surface area contributed by atoms with E-state index >= 15 is 0 Å². The van der Waals surface area contributed by atoms with Crippen molar-refractivity contribution in [3.63, 3.8) is 0 Å². The molecule has 0 spiro atoms. The van der Waals surface area contributed by atoms with E-state index in [1.165, 1.54) is 18.4 Å². The van der Waals surface area contributed by atoms with Gasteiger partial charge in [0.1, 0.15) is 17.7 Å². The molecule has 1 aromatic carbocycles. The molecule has 0 N–H and O–H groups in total. The molecular formula is C17H19N3. The number of allylic oxidation sites excluding steroid dienone is 1. The second-order valence-corrected chi connectivity index (χ2v) is 5.51. The second kappa shape index (κ2) is 6.89. The summed E-state index contributed by atoms with van der Waals surface area (Å²) in [7, 11) is 0. The zero-order chi connectivity index (χ0) is 14.4. The van der Waals surface area contributed by atoms with E-state index in [0.29, 0.717) is 0 Å². The van der Waals surface area contributed by atoms with Crippen molar-refractivity contribution in [3.8, 4) is 12.1 Å². The average Bonchev–Trinajstić information content (AvgIpc) is 2.45. The molecule has 1 aliphatic rings. The van der Waals surface area contributed by atoms with Crippen LogP contribution < -0.4 is 0 Å². The van der Waals surface area contributed by atoms with Crippen LogP contribution in [0.5, 0.6) is 0 Å². The highest BCUT2D eigenvalue weighted by Gasteiger charge is 2.16. The molecule has 1 aliphatic heterocycles. The average molecular weight is 265 g/mol. The first-order valence-electron chi connectivity index (χ1n) is 7.04. The van der Waals surface area contributed by atoms with E-state index < -0.39 is 0 Å². The maximum Gasteiger partial charge on any atom is 0.130 e. The minimum atomic E-state index is 0.147. The monoisotopic (exact) mass is 265 g/mol. The lowest BCUT2D eigenvalue weighted by molar-refractivity contribution is 0.176. The number of rotatable bonds is 3. The third-order valence-electron chi connectivity index (χ3n) is 3.65. The van der Waals surface area contributed by atoms with Crippen LogP contribution in [0.15, 0.2) is 29.8 Å². The van der Waals surface area contributed by atoms with Gasteiger partial charge in [0.25, 0.3) is 0 Å². The normalized spacial score (nSPS) is 18.9. The third-order valence-corrected chi connectivity index (χ3v) is 3.65. The van der Waals surface area contributed by atoms with E-state index in [4.69, 9.17) is 10.5 Å². The van der Waals surface area contributed by atoms with Crippen molar-refractivity contribution in [3.05, 3.63) is 41.0 Å². The SMILES string of the molecule is CC1CCCN(Cc2cccc(C=C(C#N)C#N)c2)C1. The standard InChI is InChI=1S/C17H19N3/c1-14-4-3-7-20(12-14)13-16-6-2-5-15(8-16)9-17(10-18)11-19/h2,5-6,8-9,14H,3-4,7,12-13H2,1H3. The van der Waals surface area contributed by atoms with Crippen LogP contribution in [0.4, 0.5) is 0 Å². The summed E-state index contributed by atoms with van der Waals surface area (Å²) in [5, 5.41) is 17.6. The molecule has 102 valence electrons. The topological polar surface area (TPSA) is 50.8 Å². The number of nitriles is 2. The highest BCUT2D eigenvalue weighted by Crippen LogP contribution is 2.18. The minimum Gasteiger partial charge on any atom is -0.299 e. The van der Waals surface area contributed by atoms with Crippen molar-refractivity contribution in [2.75, 3.05) is 13.1 Å². The number of benzene rings is 1. The molecule has 2 rings (SSSR count). The summed E-state index contributed by atoms with van der Waals surface area (Å²) in [6.07, 6.45) is 4.24. The summed E-state index contributed by atoms with van der Waals surface area (Å²) in [4.78, 5) is 2.48. The zero-order valence-corrected chi connectivity index (χ0v) is 11.8. The Morgan fingerprint density at radius 1 is 1.40 bits per heavy atom. The fourth-order valence-electron chi connectivity index (χ4n) is 2.73. The highest BCUT2D eigenvalue weighted by molar-refractivity contribution is 5.62. The van der Waals surface area contributed by atoms with Gasteiger partial charge in [0.15, 0.2) is 0 Å². The van der Waals surface area contributed by atoms with Crippen LogP contribution in [0, 0.1) is 28.6 Å². The maximum absolute atomic E-state index is 8.80. The molecule has 0 radical (unpaired) electrons. The summed E-state index contributed by atoms with van der Waals surface area (Å²) in [5.74, 6) is 0.774. The quantitative estimate of drug-likeness (QED) is 0.787. The van der Waals surface area contributed by atoms with Crippen LogP contribution in [0.2, 0.25) is 0 Å².